The lowest BCUT2D eigenvalue weighted by atomic mass is 9.77. The molecule has 0 saturated carbocycles. The Morgan fingerprint density at radius 1 is 0.945 bits per heavy atom. The van der Waals surface area contributed by atoms with Crippen LogP contribution in [0.2, 0.25) is 51.9 Å². The summed E-state index contributed by atoms with van der Waals surface area (Å²) in [4.78, 5) is 35.8. The fraction of sp³-hybridized carbons (Fsp3) is 0.558. The molecule has 0 radical (unpaired) electrons. The second-order valence-corrected chi connectivity index (χ2v) is 31.9. The summed E-state index contributed by atoms with van der Waals surface area (Å²) in [5.41, 5.74) is 1.89. The molecule has 2 heterocycles. The van der Waals surface area contributed by atoms with Crippen molar-refractivity contribution >= 4 is 65.4 Å². The molecule has 0 saturated heterocycles. The highest BCUT2D eigenvalue weighted by Gasteiger charge is 2.60. The van der Waals surface area contributed by atoms with Crippen LogP contribution in [0.1, 0.15) is 66.9 Å². The number of anilines is 1. The topological polar surface area (TPSA) is 89.9 Å². The lowest BCUT2D eigenvalue weighted by Crippen LogP contribution is -2.63. The third-order valence-corrected chi connectivity index (χ3v) is 20.6. The van der Waals surface area contributed by atoms with Gasteiger partial charge in [-0.15, -0.1) is 0 Å². The predicted octanol–water partition coefficient (Wildman–Crippen LogP) is 10.4. The molecule has 2 aliphatic rings. The minimum atomic E-state index is -2.25. The zero-order valence-electron chi connectivity index (χ0n) is 35.9. The molecular weight excluding hydrogens is 739 g/mol. The number of rotatable bonds is 14. The molecule has 5 rings (SSSR count). The molecule has 300 valence electrons. The van der Waals surface area contributed by atoms with Crippen molar-refractivity contribution in [3.05, 3.63) is 60.2 Å². The van der Waals surface area contributed by atoms with Gasteiger partial charge in [-0.05, 0) is 119 Å². The van der Waals surface area contributed by atoms with E-state index in [-0.39, 0.29) is 35.5 Å². The molecule has 3 aromatic carbocycles. The van der Waals surface area contributed by atoms with Crippen LogP contribution in [0.4, 0.5) is 11.4 Å². The van der Waals surface area contributed by atoms with Crippen LogP contribution in [0, 0.1) is 11.3 Å². The largest absolute Gasteiger partial charge is 0.459 e. The first kappa shape index (κ1) is 42.8. The highest BCUT2D eigenvalue weighted by atomic mass is 28.5. The summed E-state index contributed by atoms with van der Waals surface area (Å²) in [6, 6.07) is 19.0. The van der Waals surface area contributed by atoms with Crippen LogP contribution in [0.5, 0.6) is 11.5 Å². The average molecular weight is 804 g/mol. The zero-order valence-corrected chi connectivity index (χ0v) is 38.9. The molecule has 55 heavy (non-hydrogen) atoms. The smallest absolute Gasteiger partial charge is 0.311 e. The van der Waals surface area contributed by atoms with Crippen molar-refractivity contribution in [2.45, 2.75) is 124 Å². The monoisotopic (exact) mass is 803 g/mol. The summed E-state index contributed by atoms with van der Waals surface area (Å²) in [5.74, 6) is 0.862. The van der Waals surface area contributed by atoms with E-state index >= 15 is 0 Å². The van der Waals surface area contributed by atoms with E-state index in [0.29, 0.717) is 30.3 Å². The van der Waals surface area contributed by atoms with E-state index in [1.807, 2.05) is 42.3 Å². The molecule has 1 spiro atoms. The molecule has 0 N–H and O–H groups in total. The number of aliphatic imine (C=N–C) groups is 1. The van der Waals surface area contributed by atoms with Gasteiger partial charge in [-0.1, -0.05) is 58.0 Å². The molecule has 2 atom stereocenters. The van der Waals surface area contributed by atoms with Gasteiger partial charge in [0.2, 0.25) is 11.6 Å². The van der Waals surface area contributed by atoms with Gasteiger partial charge in [-0.2, -0.15) is 0 Å². The quantitative estimate of drug-likeness (QED) is 0.0911. The Bertz CT molecular complexity index is 1930. The van der Waals surface area contributed by atoms with Gasteiger partial charge in [-0.25, -0.2) is 0 Å². The highest BCUT2D eigenvalue weighted by molar-refractivity contribution is 6.87. The number of esters is 1. The Kier molecular flexibility index (Phi) is 12.1. The minimum absolute atomic E-state index is 0.00510. The van der Waals surface area contributed by atoms with E-state index in [1.165, 1.54) is 5.56 Å². The number of ether oxygens (including phenoxy) is 2. The van der Waals surface area contributed by atoms with Crippen molar-refractivity contribution in [3.63, 3.8) is 0 Å². The Hall–Kier alpha value is -3.30. The van der Waals surface area contributed by atoms with Crippen LogP contribution in [0.25, 0.3) is 10.8 Å². The first-order valence-corrected chi connectivity index (χ1v) is 29.3. The average Bonchev–Trinajstić information content (AvgIpc) is 3.21. The third kappa shape index (κ3) is 9.81. The van der Waals surface area contributed by atoms with Crippen molar-refractivity contribution in [1.29, 1.82) is 0 Å². The number of hydrogen-bond donors (Lipinski definition) is 0. The standard InChI is InChI=1S/C43H65N3O6Si3/c1-15-45(27-31(2)28-54(11,12)52-55(13,14)51-53(8,9)10)38(47)24-25-39(48)49-33-22-20-32-21-23-37-40(34(32)26-33)44-29-43(50-37)42(6,7)35-18-16-17-19-36(35)46(43)30-41(3,4)5/h16-23,26,29,31H,15,24-25,27-28,30H2,1-14H3. The fourth-order valence-electron chi connectivity index (χ4n) is 8.63. The zero-order chi connectivity index (χ0) is 40.8. The van der Waals surface area contributed by atoms with Crippen molar-refractivity contribution in [2.24, 2.45) is 16.3 Å². The summed E-state index contributed by atoms with van der Waals surface area (Å²) < 4.78 is 26.1. The second-order valence-electron chi connectivity index (χ2n) is 19.3. The SMILES string of the molecule is CCN(CC(C)C[Si](C)(C)O[Si](C)(C)O[Si](C)(C)C)C(=O)CCC(=O)Oc1ccc2ccc3c(c2c1)N=CC1(O3)N(CC(C)(C)C)c2ccccc2C1(C)C. The predicted molar refractivity (Wildman–Crippen MR) is 233 cm³/mol. The van der Waals surface area contributed by atoms with E-state index in [9.17, 15) is 9.59 Å². The molecular formula is C43H65N3O6Si3. The first-order valence-electron chi connectivity index (χ1n) is 19.9. The van der Waals surface area contributed by atoms with Gasteiger partial charge in [0.25, 0.3) is 0 Å². The van der Waals surface area contributed by atoms with Gasteiger partial charge >= 0.3 is 14.5 Å². The van der Waals surface area contributed by atoms with Crippen LogP contribution in [0.3, 0.4) is 0 Å². The van der Waals surface area contributed by atoms with E-state index in [0.717, 1.165) is 29.0 Å². The Labute approximate surface area is 333 Å². The van der Waals surface area contributed by atoms with E-state index in [4.69, 9.17) is 22.7 Å². The Morgan fingerprint density at radius 2 is 1.62 bits per heavy atom. The normalized spacial score (nSPS) is 18.5. The third-order valence-electron chi connectivity index (χ3n) is 10.3. The second kappa shape index (κ2) is 15.6. The van der Waals surface area contributed by atoms with Crippen LogP contribution < -0.4 is 14.4 Å². The maximum Gasteiger partial charge on any atom is 0.311 e. The van der Waals surface area contributed by atoms with Crippen LogP contribution >= 0.6 is 0 Å². The maximum absolute atomic E-state index is 13.3. The number of carbonyl (C=O) groups excluding carboxylic acids is 2. The van der Waals surface area contributed by atoms with Gasteiger partial charge < -0.3 is 27.5 Å². The lowest BCUT2D eigenvalue weighted by Gasteiger charge is -2.48. The molecule has 0 aliphatic carbocycles. The number of carbonyl (C=O) groups is 2. The van der Waals surface area contributed by atoms with Crippen molar-refractivity contribution in [2.75, 3.05) is 24.5 Å². The fourth-order valence-corrected chi connectivity index (χ4v) is 22.5. The molecule has 2 aliphatic heterocycles. The first-order chi connectivity index (χ1) is 25.4. The van der Waals surface area contributed by atoms with Gasteiger partial charge in [0.1, 0.15) is 17.2 Å². The molecule has 9 nitrogen and oxygen atoms in total. The molecule has 0 fully saturated rings. The number of fused-ring (bicyclic) bond motifs is 4. The van der Waals surface area contributed by atoms with E-state index in [1.54, 1.807) is 6.07 Å². The number of amides is 1. The van der Waals surface area contributed by atoms with Crippen LogP contribution in [-0.4, -0.2) is 73.5 Å². The Morgan fingerprint density at radius 3 is 2.27 bits per heavy atom. The van der Waals surface area contributed by atoms with Crippen molar-refractivity contribution in [3.8, 4) is 11.5 Å². The number of benzene rings is 3. The van der Waals surface area contributed by atoms with Gasteiger partial charge in [0, 0.05) is 37.1 Å². The minimum Gasteiger partial charge on any atom is -0.459 e. The molecule has 0 bridgehead atoms. The van der Waals surface area contributed by atoms with Gasteiger partial charge in [0.15, 0.2) is 16.6 Å². The molecule has 2 unspecified atom stereocenters. The van der Waals surface area contributed by atoms with Crippen LogP contribution in [0.15, 0.2) is 59.6 Å². The summed E-state index contributed by atoms with van der Waals surface area (Å²) in [5, 5.41) is 1.80. The summed E-state index contributed by atoms with van der Waals surface area (Å²) >= 11 is 0. The number of hydrogen-bond acceptors (Lipinski definition) is 8. The maximum atomic E-state index is 13.3. The lowest BCUT2D eigenvalue weighted by molar-refractivity contribution is -0.139. The van der Waals surface area contributed by atoms with E-state index < -0.39 is 36.9 Å². The molecule has 3 aromatic rings. The van der Waals surface area contributed by atoms with Gasteiger partial charge in [0.05, 0.1) is 18.1 Å². The number of para-hydroxylation sites is 1. The Balaban J connectivity index is 1.24. The summed E-state index contributed by atoms with van der Waals surface area (Å²) in [7, 11) is -6.00. The molecule has 1 amide bonds. The summed E-state index contributed by atoms with van der Waals surface area (Å²) in [6.45, 7) is 32.7. The molecule has 12 heteroatoms. The van der Waals surface area contributed by atoms with Gasteiger partial charge in [-0.3, -0.25) is 14.6 Å². The highest BCUT2D eigenvalue weighted by Crippen LogP contribution is 2.55. The molecule has 0 aromatic heterocycles. The van der Waals surface area contributed by atoms with E-state index in [2.05, 4.69) is 117 Å². The van der Waals surface area contributed by atoms with Crippen molar-refractivity contribution in [1.82, 2.24) is 4.90 Å². The number of nitrogens with zero attached hydrogens (tertiary/aromatic N) is 3. The van der Waals surface area contributed by atoms with Crippen LogP contribution in [-0.2, 0) is 23.2 Å². The summed E-state index contributed by atoms with van der Waals surface area (Å²) in [6.07, 6.45) is 2.05. The van der Waals surface area contributed by atoms with Crippen molar-refractivity contribution < 1.29 is 27.3 Å².